The zero-order valence-electron chi connectivity index (χ0n) is 16.2. The van der Waals surface area contributed by atoms with E-state index in [1.54, 1.807) is 38.3 Å². The van der Waals surface area contributed by atoms with Crippen LogP contribution in [0.4, 0.5) is 5.69 Å². The number of carbonyl (C=O) groups excluding carboxylic acids is 2. The number of methoxy groups -OCH3 is 1. The van der Waals surface area contributed by atoms with Crippen molar-refractivity contribution in [3.05, 3.63) is 47.0 Å². The number of anilines is 1. The lowest BCUT2D eigenvalue weighted by atomic mass is 10.1. The van der Waals surface area contributed by atoms with Crippen molar-refractivity contribution in [1.82, 2.24) is 5.43 Å². The zero-order chi connectivity index (χ0) is 21.4. The lowest BCUT2D eigenvalue weighted by molar-refractivity contribution is -0.131. The Kier molecular flexibility index (Phi) is 7.85. The highest BCUT2D eigenvalue weighted by molar-refractivity contribution is 6.32. The second-order valence-corrected chi connectivity index (χ2v) is 6.36. The molecule has 0 fully saturated rings. The van der Waals surface area contributed by atoms with Gasteiger partial charge in [-0.3, -0.25) is 9.59 Å². The van der Waals surface area contributed by atoms with Crippen molar-refractivity contribution in [3.63, 3.8) is 0 Å². The lowest BCUT2D eigenvalue weighted by Crippen LogP contribution is -2.34. The number of hydrogen-bond donors (Lipinski definition) is 3. The summed E-state index contributed by atoms with van der Waals surface area (Å²) in [7, 11) is 1.55. The molecule has 3 N–H and O–H groups in total. The van der Waals surface area contributed by atoms with Crippen LogP contribution in [0, 0.1) is 5.92 Å². The van der Waals surface area contributed by atoms with Crippen LogP contribution in [-0.2, 0) is 9.59 Å². The summed E-state index contributed by atoms with van der Waals surface area (Å²) in [4.78, 5) is 24.4. The number of amides is 2. The number of hydrazone groups is 1. The molecule has 1 atom stereocenters. The second kappa shape index (κ2) is 10.3. The molecule has 0 heterocycles. The van der Waals surface area contributed by atoms with Gasteiger partial charge in [0.25, 0.3) is 5.91 Å². The Morgan fingerprint density at radius 1 is 1.24 bits per heavy atom. The van der Waals surface area contributed by atoms with Crippen LogP contribution < -0.4 is 20.2 Å². The summed E-state index contributed by atoms with van der Waals surface area (Å²) in [5.74, 6) is -1.34. The van der Waals surface area contributed by atoms with Gasteiger partial charge in [-0.05, 0) is 55.8 Å². The number of nitrogens with one attached hydrogen (secondary N) is 2. The van der Waals surface area contributed by atoms with Crippen molar-refractivity contribution in [1.29, 1.82) is 0 Å². The molecule has 2 amide bonds. The van der Waals surface area contributed by atoms with Crippen LogP contribution in [0.2, 0.25) is 5.02 Å². The summed E-state index contributed by atoms with van der Waals surface area (Å²) in [6, 6.07) is 9.73. The quantitative estimate of drug-likeness (QED) is 0.346. The van der Waals surface area contributed by atoms with Crippen molar-refractivity contribution in [3.8, 4) is 17.2 Å². The van der Waals surface area contributed by atoms with E-state index in [4.69, 9.17) is 21.1 Å². The Labute approximate surface area is 173 Å². The molecule has 0 aliphatic heterocycles. The number of phenols is 1. The Balaban J connectivity index is 1.95. The molecule has 0 spiro atoms. The van der Waals surface area contributed by atoms with Crippen LogP contribution in [0.1, 0.15) is 19.4 Å². The molecular formula is C20H22ClN3O5. The molecule has 9 heteroatoms. The van der Waals surface area contributed by atoms with E-state index in [1.807, 2.05) is 0 Å². The first-order chi connectivity index (χ1) is 13.8. The van der Waals surface area contributed by atoms with Gasteiger partial charge in [0.1, 0.15) is 11.7 Å². The second-order valence-electron chi connectivity index (χ2n) is 5.96. The zero-order valence-corrected chi connectivity index (χ0v) is 17.0. The van der Waals surface area contributed by atoms with E-state index in [1.165, 1.54) is 25.3 Å². The number of hydrogen-bond acceptors (Lipinski definition) is 6. The highest BCUT2D eigenvalue weighted by Crippen LogP contribution is 2.34. The van der Waals surface area contributed by atoms with Crippen molar-refractivity contribution < 1.29 is 24.2 Å². The molecule has 2 aromatic rings. The Morgan fingerprint density at radius 2 is 1.93 bits per heavy atom. The lowest BCUT2D eigenvalue weighted by Gasteiger charge is -2.11. The van der Waals surface area contributed by atoms with Crippen LogP contribution in [-0.4, -0.2) is 36.9 Å². The fraction of sp³-hybridized carbons (Fsp3) is 0.250. The normalized spacial score (nSPS) is 11.7. The summed E-state index contributed by atoms with van der Waals surface area (Å²) in [6.45, 7) is 3.59. The Hall–Kier alpha value is -3.26. The summed E-state index contributed by atoms with van der Waals surface area (Å²) >= 11 is 5.94. The molecule has 0 aliphatic rings. The topological polar surface area (TPSA) is 109 Å². The molecule has 0 aliphatic carbocycles. The van der Waals surface area contributed by atoms with Crippen molar-refractivity contribution >= 4 is 35.3 Å². The van der Waals surface area contributed by atoms with Gasteiger partial charge in [-0.2, -0.15) is 5.10 Å². The summed E-state index contributed by atoms with van der Waals surface area (Å²) in [6.07, 6.45) is 1.33. The largest absolute Gasteiger partial charge is 0.503 e. The molecule has 0 saturated carbocycles. The molecule has 29 heavy (non-hydrogen) atoms. The van der Waals surface area contributed by atoms with Gasteiger partial charge in [0.15, 0.2) is 11.5 Å². The number of ether oxygens (including phenoxy) is 2. The predicted octanol–water partition coefficient (Wildman–Crippen LogP) is 3.18. The van der Waals surface area contributed by atoms with Gasteiger partial charge in [-0.25, -0.2) is 5.43 Å². The minimum absolute atomic E-state index is 0.0935. The summed E-state index contributed by atoms with van der Waals surface area (Å²) < 4.78 is 10.3. The van der Waals surface area contributed by atoms with Crippen LogP contribution in [0.3, 0.4) is 0 Å². The van der Waals surface area contributed by atoms with Gasteiger partial charge in [-0.15, -0.1) is 0 Å². The van der Waals surface area contributed by atoms with Gasteiger partial charge in [0.05, 0.1) is 25.0 Å². The number of rotatable bonds is 8. The average Bonchev–Trinajstić information content (AvgIpc) is 2.71. The third-order valence-electron chi connectivity index (χ3n) is 3.88. The molecule has 154 valence electrons. The maximum Gasteiger partial charge on any atom is 0.252 e. The molecule has 0 radical (unpaired) electrons. The van der Waals surface area contributed by atoms with E-state index in [2.05, 4.69) is 15.8 Å². The minimum atomic E-state index is -0.975. The van der Waals surface area contributed by atoms with E-state index >= 15 is 0 Å². The van der Waals surface area contributed by atoms with Crippen molar-refractivity contribution in [2.75, 3.05) is 19.0 Å². The number of nitrogens with zero attached hydrogens (tertiary/aromatic N) is 1. The number of halogens is 1. The van der Waals surface area contributed by atoms with Gasteiger partial charge >= 0.3 is 0 Å². The average molecular weight is 420 g/mol. The molecule has 2 aromatic carbocycles. The van der Waals surface area contributed by atoms with E-state index in [-0.39, 0.29) is 16.5 Å². The highest BCUT2D eigenvalue weighted by atomic mass is 35.5. The van der Waals surface area contributed by atoms with Gasteiger partial charge in [0.2, 0.25) is 5.91 Å². The number of carbonyl (C=O) groups is 2. The molecule has 2 rings (SSSR count). The Bertz CT molecular complexity index is 900. The first-order valence-corrected chi connectivity index (χ1v) is 9.16. The summed E-state index contributed by atoms with van der Waals surface area (Å²) in [5.41, 5.74) is 3.35. The third-order valence-corrected chi connectivity index (χ3v) is 4.17. The fourth-order valence-electron chi connectivity index (χ4n) is 2.25. The van der Waals surface area contributed by atoms with Gasteiger partial charge < -0.3 is 19.9 Å². The predicted molar refractivity (Wildman–Crippen MR) is 111 cm³/mol. The molecule has 0 saturated heterocycles. The molecular weight excluding hydrogens is 398 g/mol. The van der Waals surface area contributed by atoms with E-state index in [0.29, 0.717) is 23.6 Å². The smallest absolute Gasteiger partial charge is 0.252 e. The summed E-state index contributed by atoms with van der Waals surface area (Å²) in [5, 5.41) is 16.4. The number of phenolic OH excluding ortho intramolecular Hbond substituents is 1. The minimum Gasteiger partial charge on any atom is -0.503 e. The monoisotopic (exact) mass is 419 g/mol. The Morgan fingerprint density at radius 3 is 2.55 bits per heavy atom. The van der Waals surface area contributed by atoms with Crippen LogP contribution in [0.15, 0.2) is 41.5 Å². The fourth-order valence-corrected chi connectivity index (χ4v) is 2.46. The number of aromatic hydroxyl groups is 1. The number of benzene rings is 2. The SMILES string of the molecule is CCOc1cc(C=NNC(=O)C(C)C(=O)Nc2ccc(OC)cc2)cc(Cl)c1O. The standard InChI is InChI=1S/C20H22ClN3O5/c1-4-29-17-10-13(9-16(21)18(17)25)11-22-24-20(27)12(2)19(26)23-14-5-7-15(28-3)8-6-14/h5-12,25H,4H2,1-3H3,(H,23,26)(H,24,27). The van der Waals surface area contributed by atoms with E-state index in [0.717, 1.165) is 0 Å². The first kappa shape index (κ1) is 22.0. The van der Waals surface area contributed by atoms with Gasteiger partial charge in [-0.1, -0.05) is 11.6 Å². The molecule has 8 nitrogen and oxygen atoms in total. The maximum absolute atomic E-state index is 12.2. The highest BCUT2D eigenvalue weighted by Gasteiger charge is 2.21. The van der Waals surface area contributed by atoms with Crippen LogP contribution >= 0.6 is 11.6 Å². The van der Waals surface area contributed by atoms with Gasteiger partial charge in [0, 0.05) is 5.69 Å². The molecule has 0 bridgehead atoms. The van der Waals surface area contributed by atoms with Crippen LogP contribution in [0.5, 0.6) is 17.2 Å². The molecule has 1 unspecified atom stereocenters. The van der Waals surface area contributed by atoms with Crippen LogP contribution in [0.25, 0.3) is 0 Å². The van der Waals surface area contributed by atoms with E-state index in [9.17, 15) is 14.7 Å². The first-order valence-electron chi connectivity index (χ1n) is 8.78. The third kappa shape index (κ3) is 6.11. The maximum atomic E-state index is 12.2. The van der Waals surface area contributed by atoms with E-state index < -0.39 is 17.7 Å². The van der Waals surface area contributed by atoms with Crippen molar-refractivity contribution in [2.24, 2.45) is 11.0 Å². The van der Waals surface area contributed by atoms with Crippen molar-refractivity contribution in [2.45, 2.75) is 13.8 Å². The molecule has 0 aromatic heterocycles.